The molecule has 0 fully saturated rings. The van der Waals surface area contributed by atoms with Crippen molar-refractivity contribution < 1.29 is 33.0 Å². The van der Waals surface area contributed by atoms with Crippen LogP contribution in [0.2, 0.25) is 0 Å². The number of aliphatic carboxylic acids is 1. The van der Waals surface area contributed by atoms with E-state index in [-0.39, 0.29) is 12.0 Å². The molecule has 0 aliphatic carbocycles. The number of benzene rings is 2. The van der Waals surface area contributed by atoms with E-state index in [9.17, 15) is 33.0 Å². The molecule has 1 amide bonds. The van der Waals surface area contributed by atoms with E-state index >= 15 is 0 Å². The lowest BCUT2D eigenvalue weighted by molar-refractivity contribution is -0.143. The molecule has 144 valence electrons. The quantitative estimate of drug-likeness (QED) is 0.540. The van der Waals surface area contributed by atoms with Gasteiger partial charge in [-0.1, -0.05) is 24.3 Å². The Labute approximate surface area is 166 Å². The monoisotopic (exact) mass is 493 g/mol. The van der Waals surface area contributed by atoms with E-state index in [0.29, 0.717) is 5.56 Å². The lowest BCUT2D eigenvalue weighted by atomic mass is 10.0. The van der Waals surface area contributed by atoms with Crippen molar-refractivity contribution in [3.05, 3.63) is 68.8 Å². The highest BCUT2D eigenvalue weighted by molar-refractivity contribution is 14.1. The van der Waals surface area contributed by atoms with Crippen LogP contribution >= 0.6 is 22.6 Å². The van der Waals surface area contributed by atoms with Gasteiger partial charge < -0.3 is 15.5 Å². The highest BCUT2D eigenvalue weighted by atomic mass is 127. The topological polar surface area (TPSA) is 86.6 Å². The fraction of sp³-hybridized carbons (Fsp3) is 0.222. The summed E-state index contributed by atoms with van der Waals surface area (Å²) in [5, 5.41) is 21.6. The van der Waals surface area contributed by atoms with Crippen LogP contribution in [0.1, 0.15) is 22.8 Å². The number of aliphatic hydroxyl groups excluding tert-OH is 1. The molecule has 0 heterocycles. The minimum atomic E-state index is -4.53. The molecular formula is C18H15F3INO4. The number of hydrogen-bond donors (Lipinski definition) is 3. The van der Waals surface area contributed by atoms with E-state index < -0.39 is 35.8 Å². The minimum absolute atomic E-state index is 0.00233. The van der Waals surface area contributed by atoms with Crippen molar-refractivity contribution in [1.82, 2.24) is 5.32 Å². The molecule has 3 N–H and O–H groups in total. The van der Waals surface area contributed by atoms with E-state index in [0.717, 1.165) is 27.8 Å². The number of rotatable bonds is 6. The summed E-state index contributed by atoms with van der Waals surface area (Å²) < 4.78 is 38.6. The molecule has 2 rings (SSSR count). The standard InChI is InChI=1S/C18H15F3INO4/c19-18(20,21)12-6-4-11(5-7-12)15(24)16(25)23-14(17(26)27)9-10-2-1-3-13(22)8-10/h1-8,14-15,24H,9H2,(H,23,25)(H,26,27)/t14-,15-/m0/s1. The van der Waals surface area contributed by atoms with Crippen LogP contribution in [0.4, 0.5) is 13.2 Å². The van der Waals surface area contributed by atoms with Crippen molar-refractivity contribution in [2.45, 2.75) is 24.7 Å². The average Bonchev–Trinajstić information content (AvgIpc) is 2.59. The summed E-state index contributed by atoms with van der Waals surface area (Å²) in [6.07, 6.45) is -6.32. The summed E-state index contributed by atoms with van der Waals surface area (Å²) >= 11 is 2.07. The third kappa shape index (κ3) is 5.93. The van der Waals surface area contributed by atoms with Crippen molar-refractivity contribution in [2.24, 2.45) is 0 Å². The number of carbonyl (C=O) groups is 2. The molecule has 2 aromatic rings. The molecule has 0 aliphatic heterocycles. The molecule has 0 bridgehead atoms. The summed E-state index contributed by atoms with van der Waals surface area (Å²) in [7, 11) is 0. The molecule has 27 heavy (non-hydrogen) atoms. The van der Waals surface area contributed by atoms with Gasteiger partial charge in [-0.2, -0.15) is 13.2 Å². The average molecular weight is 493 g/mol. The van der Waals surface area contributed by atoms with Gasteiger partial charge in [0.2, 0.25) is 0 Å². The summed E-state index contributed by atoms with van der Waals surface area (Å²) in [6, 6.07) is 9.18. The molecule has 2 aromatic carbocycles. The fourth-order valence-electron chi connectivity index (χ4n) is 2.36. The predicted octanol–water partition coefficient (Wildman–Crippen LogP) is 3.16. The molecule has 5 nitrogen and oxygen atoms in total. The van der Waals surface area contributed by atoms with Gasteiger partial charge in [-0.25, -0.2) is 4.79 Å². The maximum absolute atomic E-state index is 12.6. The normalized spacial score (nSPS) is 13.7. The number of hydrogen-bond acceptors (Lipinski definition) is 3. The van der Waals surface area contributed by atoms with Crippen molar-refractivity contribution >= 4 is 34.5 Å². The first-order valence-corrected chi connectivity index (χ1v) is 8.78. The summed E-state index contributed by atoms with van der Waals surface area (Å²) in [5.74, 6) is -2.30. The maximum Gasteiger partial charge on any atom is 0.416 e. The molecule has 0 saturated carbocycles. The Bertz CT molecular complexity index is 824. The molecule has 0 unspecified atom stereocenters. The van der Waals surface area contributed by atoms with Gasteiger partial charge in [0.1, 0.15) is 6.04 Å². The van der Waals surface area contributed by atoms with Crippen LogP contribution in [0, 0.1) is 3.57 Å². The van der Waals surface area contributed by atoms with E-state index in [1.807, 2.05) is 6.07 Å². The molecule has 0 saturated heterocycles. The zero-order chi connectivity index (χ0) is 20.2. The Balaban J connectivity index is 2.09. The van der Waals surface area contributed by atoms with Crippen molar-refractivity contribution in [3.63, 3.8) is 0 Å². The first kappa shape index (κ1) is 21.2. The number of halogens is 4. The van der Waals surface area contributed by atoms with Crippen LogP contribution in [0.3, 0.4) is 0 Å². The molecule has 2 atom stereocenters. The second kappa shape index (κ2) is 8.70. The molecular weight excluding hydrogens is 478 g/mol. The Morgan fingerprint density at radius 3 is 2.26 bits per heavy atom. The van der Waals surface area contributed by atoms with Crippen LogP contribution < -0.4 is 5.32 Å². The van der Waals surface area contributed by atoms with Crippen molar-refractivity contribution in [2.75, 3.05) is 0 Å². The number of alkyl halides is 3. The smallest absolute Gasteiger partial charge is 0.416 e. The van der Waals surface area contributed by atoms with E-state index in [1.165, 1.54) is 0 Å². The maximum atomic E-state index is 12.6. The van der Waals surface area contributed by atoms with E-state index in [2.05, 4.69) is 27.9 Å². The Morgan fingerprint density at radius 1 is 1.11 bits per heavy atom. The fourth-order valence-corrected chi connectivity index (χ4v) is 2.96. The zero-order valence-corrected chi connectivity index (χ0v) is 15.9. The Hall–Kier alpha value is -2.14. The second-order valence-electron chi connectivity index (χ2n) is 5.76. The van der Waals surface area contributed by atoms with Crippen LogP contribution in [0.15, 0.2) is 48.5 Å². The molecule has 0 aliphatic rings. The Morgan fingerprint density at radius 2 is 1.74 bits per heavy atom. The summed E-state index contributed by atoms with van der Waals surface area (Å²) in [6.45, 7) is 0. The van der Waals surface area contributed by atoms with Crippen LogP contribution in [-0.4, -0.2) is 28.1 Å². The van der Waals surface area contributed by atoms with Crippen LogP contribution in [0.5, 0.6) is 0 Å². The van der Waals surface area contributed by atoms with Gasteiger partial charge in [0.05, 0.1) is 5.56 Å². The summed E-state index contributed by atoms with van der Waals surface area (Å²) in [5.41, 5.74) is -0.307. The minimum Gasteiger partial charge on any atom is -0.480 e. The van der Waals surface area contributed by atoms with Crippen molar-refractivity contribution in [1.29, 1.82) is 0 Å². The summed E-state index contributed by atoms with van der Waals surface area (Å²) in [4.78, 5) is 23.6. The van der Waals surface area contributed by atoms with E-state index in [1.54, 1.807) is 18.2 Å². The van der Waals surface area contributed by atoms with Gasteiger partial charge in [0.25, 0.3) is 5.91 Å². The van der Waals surface area contributed by atoms with Gasteiger partial charge in [0, 0.05) is 9.99 Å². The van der Waals surface area contributed by atoms with Gasteiger partial charge in [0.15, 0.2) is 6.10 Å². The number of amides is 1. The molecule has 0 aromatic heterocycles. The SMILES string of the molecule is O=C(O)[C@H](Cc1cccc(I)c1)NC(=O)[C@@H](O)c1ccc(C(F)(F)F)cc1. The number of nitrogens with one attached hydrogen (secondary N) is 1. The second-order valence-corrected chi connectivity index (χ2v) is 7.00. The highest BCUT2D eigenvalue weighted by Gasteiger charge is 2.31. The zero-order valence-electron chi connectivity index (χ0n) is 13.7. The van der Waals surface area contributed by atoms with E-state index in [4.69, 9.17) is 0 Å². The molecule has 0 spiro atoms. The van der Waals surface area contributed by atoms with Crippen LogP contribution in [0.25, 0.3) is 0 Å². The number of aliphatic hydroxyl groups is 1. The third-order valence-corrected chi connectivity index (χ3v) is 4.42. The van der Waals surface area contributed by atoms with Gasteiger partial charge >= 0.3 is 12.1 Å². The lowest BCUT2D eigenvalue weighted by Gasteiger charge is -2.18. The predicted molar refractivity (Wildman–Crippen MR) is 98.8 cm³/mol. The van der Waals surface area contributed by atoms with Gasteiger partial charge in [-0.15, -0.1) is 0 Å². The first-order chi connectivity index (χ1) is 12.6. The largest absolute Gasteiger partial charge is 0.480 e. The van der Waals surface area contributed by atoms with Crippen molar-refractivity contribution in [3.8, 4) is 0 Å². The van der Waals surface area contributed by atoms with Gasteiger partial charge in [-0.05, 0) is 58.0 Å². The third-order valence-electron chi connectivity index (χ3n) is 3.75. The number of carbonyl (C=O) groups excluding carboxylic acids is 1. The van der Waals surface area contributed by atoms with Gasteiger partial charge in [-0.3, -0.25) is 4.79 Å². The lowest BCUT2D eigenvalue weighted by Crippen LogP contribution is -2.44. The van der Waals surface area contributed by atoms with Crippen LogP contribution in [-0.2, 0) is 22.2 Å². The number of carboxylic acid groups (broad SMARTS) is 1. The molecule has 9 heteroatoms. The number of carboxylic acids is 1. The first-order valence-electron chi connectivity index (χ1n) is 7.71. The Kier molecular flexibility index (Phi) is 6.82. The highest BCUT2D eigenvalue weighted by Crippen LogP contribution is 2.30. The molecule has 0 radical (unpaired) electrons.